The van der Waals surface area contributed by atoms with Gasteiger partial charge in [0.15, 0.2) is 0 Å². The predicted octanol–water partition coefficient (Wildman–Crippen LogP) is 5.07. The van der Waals surface area contributed by atoms with Gasteiger partial charge in [-0.05, 0) is 0 Å². The summed E-state index contributed by atoms with van der Waals surface area (Å²) < 4.78 is 47.9. The van der Waals surface area contributed by atoms with Gasteiger partial charge in [0.1, 0.15) is 0 Å². The van der Waals surface area contributed by atoms with Gasteiger partial charge >= 0.3 is 226 Å². The second-order valence-electron chi connectivity index (χ2n) is 8.39. The Balaban J connectivity index is 1.90. The molecule has 1 unspecified atom stereocenters. The third kappa shape index (κ3) is 5.69. The molecular formula is C29H29AsO6S. The van der Waals surface area contributed by atoms with Crippen LogP contribution in [0.25, 0.3) is 0 Å². The third-order valence-electron chi connectivity index (χ3n) is 6.18. The summed E-state index contributed by atoms with van der Waals surface area (Å²) in [6.45, 7) is 1.91. The van der Waals surface area contributed by atoms with E-state index < -0.39 is 30.4 Å². The molecule has 4 aromatic carbocycles. The maximum absolute atomic E-state index is 13.3. The first-order chi connectivity index (χ1) is 17.8. The number of methoxy groups -OCH3 is 3. The summed E-state index contributed by atoms with van der Waals surface area (Å²) in [5, 5.41) is 0. The summed E-state index contributed by atoms with van der Waals surface area (Å²) in [6.07, 6.45) is 0. The van der Waals surface area contributed by atoms with Crippen LogP contribution in [0.2, 0.25) is 0 Å². The van der Waals surface area contributed by atoms with Crippen molar-refractivity contribution in [3.63, 3.8) is 0 Å². The van der Waals surface area contributed by atoms with Crippen LogP contribution in [0.4, 0.5) is 0 Å². The van der Waals surface area contributed by atoms with E-state index in [0.717, 1.165) is 22.3 Å². The van der Waals surface area contributed by atoms with Gasteiger partial charge in [-0.3, -0.25) is 0 Å². The van der Waals surface area contributed by atoms with E-state index in [4.69, 9.17) is 17.4 Å². The second kappa shape index (κ2) is 11.4. The van der Waals surface area contributed by atoms with Gasteiger partial charge < -0.3 is 0 Å². The number of rotatable bonds is 10. The standard InChI is InChI=1S/C29H29AsO6S/c1-21-5-19-28(20-6-21)37(31,32)36-30-29(22-7-13-25(33-2)14-8-22,23-9-15-26(34-3)16-10-23)24-11-17-27(35-4)18-12-24/h5-20,30H,1-4H3. The fourth-order valence-electron chi connectivity index (χ4n) is 4.07. The first-order valence-corrected chi connectivity index (χ1v) is 14.8. The van der Waals surface area contributed by atoms with Crippen LogP contribution in [0.5, 0.6) is 17.2 Å². The van der Waals surface area contributed by atoms with Crippen molar-refractivity contribution in [2.45, 2.75) is 16.0 Å². The summed E-state index contributed by atoms with van der Waals surface area (Å²) in [5.41, 5.74) is 3.65. The van der Waals surface area contributed by atoms with E-state index in [1.165, 1.54) is 0 Å². The molecule has 0 spiro atoms. The molecule has 6 nitrogen and oxygen atoms in total. The Morgan fingerprint density at radius 2 is 0.919 bits per heavy atom. The number of aryl methyl sites for hydroxylation is 1. The molecule has 0 fully saturated rings. The molecule has 0 saturated heterocycles. The van der Waals surface area contributed by atoms with Crippen LogP contribution in [0.3, 0.4) is 0 Å². The average molecular weight is 581 g/mol. The van der Waals surface area contributed by atoms with E-state index in [2.05, 4.69) is 0 Å². The molecule has 0 aliphatic carbocycles. The Bertz CT molecular complexity index is 1300. The normalized spacial score (nSPS) is 12.0. The van der Waals surface area contributed by atoms with Crippen molar-refractivity contribution >= 4 is 26.2 Å². The van der Waals surface area contributed by atoms with Crippen LogP contribution >= 0.6 is 0 Å². The van der Waals surface area contributed by atoms with E-state index in [9.17, 15) is 8.42 Å². The number of benzene rings is 4. The van der Waals surface area contributed by atoms with Gasteiger partial charge in [-0.15, -0.1) is 0 Å². The van der Waals surface area contributed by atoms with Crippen molar-refractivity contribution in [2.24, 2.45) is 0 Å². The van der Waals surface area contributed by atoms with E-state index in [1.54, 1.807) is 45.6 Å². The minimum atomic E-state index is -3.99. The molecule has 0 radical (unpaired) electrons. The van der Waals surface area contributed by atoms with E-state index >= 15 is 0 Å². The third-order valence-corrected chi connectivity index (χ3v) is 11.7. The van der Waals surface area contributed by atoms with Crippen molar-refractivity contribution in [1.82, 2.24) is 0 Å². The molecule has 0 N–H and O–H groups in total. The SMILES string of the molecule is COc1ccc(C([AsH]OS(=O)(=O)c2ccc(C)cc2)(c2ccc(OC)cc2)c2ccc(OC)cc2)cc1. The maximum atomic E-state index is 13.3. The molecule has 0 heterocycles. The molecule has 0 saturated carbocycles. The van der Waals surface area contributed by atoms with Crippen molar-refractivity contribution in [3.05, 3.63) is 119 Å². The Labute approximate surface area is 225 Å². The first kappa shape index (κ1) is 26.8. The predicted molar refractivity (Wildman–Crippen MR) is 145 cm³/mol. The molecule has 0 aliphatic rings. The fraction of sp³-hybridized carbons (Fsp3) is 0.172. The zero-order valence-corrected chi connectivity index (χ0v) is 24.0. The Morgan fingerprint density at radius 1 is 0.568 bits per heavy atom. The molecule has 4 rings (SSSR count). The quantitative estimate of drug-likeness (QED) is 0.193. The molecule has 1 atom stereocenters. The molecular weight excluding hydrogens is 551 g/mol. The number of ether oxygens (including phenoxy) is 3. The summed E-state index contributed by atoms with van der Waals surface area (Å²) in [6, 6.07) is 29.7. The van der Waals surface area contributed by atoms with Gasteiger partial charge in [0.05, 0.1) is 0 Å². The average Bonchev–Trinajstić information content (AvgIpc) is 2.94. The van der Waals surface area contributed by atoms with Crippen LogP contribution in [0, 0.1) is 6.92 Å². The number of hydrogen-bond acceptors (Lipinski definition) is 6. The molecule has 0 bridgehead atoms. The van der Waals surface area contributed by atoms with Gasteiger partial charge in [-0.1, -0.05) is 0 Å². The van der Waals surface area contributed by atoms with Crippen molar-refractivity contribution in [3.8, 4) is 17.2 Å². The zero-order chi connectivity index (χ0) is 26.5. The molecule has 0 aromatic heterocycles. The summed E-state index contributed by atoms with van der Waals surface area (Å²) >= 11 is -1.73. The zero-order valence-electron chi connectivity index (χ0n) is 21.1. The van der Waals surface area contributed by atoms with Crippen LogP contribution in [-0.2, 0) is 17.5 Å². The van der Waals surface area contributed by atoms with Gasteiger partial charge in [0.2, 0.25) is 0 Å². The number of hydrogen-bond donors (Lipinski definition) is 0. The van der Waals surface area contributed by atoms with Crippen LogP contribution in [-0.4, -0.2) is 45.8 Å². The summed E-state index contributed by atoms with van der Waals surface area (Å²) in [4.78, 5) is 0.134. The molecule has 4 aromatic rings. The van der Waals surface area contributed by atoms with E-state index in [1.807, 2.05) is 79.7 Å². The Morgan fingerprint density at radius 3 is 1.24 bits per heavy atom. The molecule has 0 aliphatic heterocycles. The van der Waals surface area contributed by atoms with Crippen molar-refractivity contribution < 1.29 is 25.8 Å². The topological polar surface area (TPSA) is 71.1 Å². The van der Waals surface area contributed by atoms with Gasteiger partial charge in [-0.2, -0.15) is 0 Å². The Kier molecular flexibility index (Phi) is 8.28. The fourth-order valence-corrected chi connectivity index (χ4v) is 8.74. The second-order valence-corrected chi connectivity index (χ2v) is 13.0. The van der Waals surface area contributed by atoms with Crippen LogP contribution in [0.15, 0.2) is 102 Å². The Hall–Kier alpha value is -3.25. The van der Waals surface area contributed by atoms with Crippen molar-refractivity contribution in [1.29, 1.82) is 0 Å². The molecule has 8 heteroatoms. The summed E-state index contributed by atoms with van der Waals surface area (Å²) in [7, 11) is 0.843. The van der Waals surface area contributed by atoms with Crippen LogP contribution in [0.1, 0.15) is 22.3 Å². The van der Waals surface area contributed by atoms with E-state index in [-0.39, 0.29) is 4.90 Å². The van der Waals surface area contributed by atoms with Crippen LogP contribution < -0.4 is 14.2 Å². The van der Waals surface area contributed by atoms with Crippen molar-refractivity contribution in [2.75, 3.05) is 21.3 Å². The van der Waals surface area contributed by atoms with Gasteiger partial charge in [-0.25, -0.2) is 0 Å². The summed E-state index contributed by atoms with van der Waals surface area (Å²) in [5.74, 6) is 2.11. The van der Waals surface area contributed by atoms with Gasteiger partial charge in [0, 0.05) is 0 Å². The molecule has 0 amide bonds. The minimum absolute atomic E-state index is 0.134. The monoisotopic (exact) mass is 580 g/mol. The first-order valence-electron chi connectivity index (χ1n) is 11.5. The van der Waals surface area contributed by atoms with Gasteiger partial charge in [0.25, 0.3) is 0 Å². The van der Waals surface area contributed by atoms with E-state index in [0.29, 0.717) is 17.2 Å². The molecule has 37 heavy (non-hydrogen) atoms. The molecule has 192 valence electrons.